The molecular formula is C19H21NO4S. The lowest BCUT2D eigenvalue weighted by Crippen LogP contribution is -2.29. The molecule has 5 nitrogen and oxygen atoms in total. The van der Waals surface area contributed by atoms with E-state index < -0.39 is 16.0 Å². The van der Waals surface area contributed by atoms with Crippen LogP contribution in [0.3, 0.4) is 0 Å². The number of amides is 1. The van der Waals surface area contributed by atoms with Crippen molar-refractivity contribution >= 4 is 22.4 Å². The number of aryl methyl sites for hydroxylation is 1. The molecule has 0 saturated heterocycles. The minimum atomic E-state index is -1.30. The number of hydrogen-bond acceptors (Lipinski definition) is 4. The van der Waals surface area contributed by atoms with Crippen LogP contribution in [0.1, 0.15) is 18.1 Å². The standard InChI is InChI=1S/C19H21NO4S/c1-13-4-3-5-15(10-13)12-25(22)14(2)19(21)20-16-6-7-17-18(11-16)24-9-8-23-17/h3-7,10-11,14H,8-9,12H2,1-2H3,(H,20,21)/t14-,25-/m1/s1. The monoisotopic (exact) mass is 359 g/mol. The Kier molecular flexibility index (Phi) is 5.38. The van der Waals surface area contributed by atoms with Gasteiger partial charge in [-0.15, -0.1) is 0 Å². The van der Waals surface area contributed by atoms with Crippen molar-refractivity contribution in [2.24, 2.45) is 0 Å². The van der Waals surface area contributed by atoms with Gasteiger partial charge in [-0.25, -0.2) is 0 Å². The van der Waals surface area contributed by atoms with Crippen molar-refractivity contribution < 1.29 is 18.5 Å². The van der Waals surface area contributed by atoms with Crippen LogP contribution in [-0.4, -0.2) is 28.6 Å². The fourth-order valence-corrected chi connectivity index (χ4v) is 3.63. The predicted molar refractivity (Wildman–Crippen MR) is 98.5 cm³/mol. The molecule has 2 aromatic rings. The molecule has 1 heterocycles. The smallest absolute Gasteiger partial charge is 0.239 e. The molecule has 1 aliphatic heterocycles. The van der Waals surface area contributed by atoms with E-state index in [1.54, 1.807) is 25.1 Å². The lowest BCUT2D eigenvalue weighted by atomic mass is 10.2. The average molecular weight is 359 g/mol. The minimum Gasteiger partial charge on any atom is -0.486 e. The largest absolute Gasteiger partial charge is 0.486 e. The molecule has 0 fully saturated rings. The Balaban J connectivity index is 1.63. The highest BCUT2D eigenvalue weighted by atomic mass is 32.2. The normalized spacial score (nSPS) is 15.3. The van der Waals surface area contributed by atoms with E-state index in [0.717, 1.165) is 11.1 Å². The third-order valence-electron chi connectivity index (χ3n) is 3.96. The molecular weight excluding hydrogens is 338 g/mol. The van der Waals surface area contributed by atoms with Gasteiger partial charge in [0.2, 0.25) is 5.91 Å². The molecule has 0 saturated carbocycles. The third kappa shape index (κ3) is 4.39. The number of hydrogen-bond donors (Lipinski definition) is 1. The first kappa shape index (κ1) is 17.5. The van der Waals surface area contributed by atoms with E-state index in [2.05, 4.69) is 5.32 Å². The predicted octanol–water partition coefficient (Wildman–Crippen LogP) is 3.04. The second kappa shape index (κ2) is 7.70. The SMILES string of the molecule is Cc1cccc(C[S@@](=O)[C@H](C)C(=O)Nc2ccc3c(c2)OCCO3)c1. The van der Waals surface area contributed by atoms with Gasteiger partial charge < -0.3 is 14.8 Å². The lowest BCUT2D eigenvalue weighted by Gasteiger charge is -2.19. The van der Waals surface area contributed by atoms with Gasteiger partial charge in [0, 0.05) is 28.3 Å². The van der Waals surface area contributed by atoms with Crippen LogP contribution in [0, 0.1) is 6.92 Å². The van der Waals surface area contributed by atoms with Crippen LogP contribution < -0.4 is 14.8 Å². The summed E-state index contributed by atoms with van der Waals surface area (Å²) in [5.74, 6) is 1.36. The summed E-state index contributed by atoms with van der Waals surface area (Å²) in [6, 6.07) is 13.1. The molecule has 2 aromatic carbocycles. The van der Waals surface area contributed by atoms with E-state index in [-0.39, 0.29) is 5.91 Å². The third-order valence-corrected chi connectivity index (χ3v) is 5.59. The zero-order chi connectivity index (χ0) is 17.8. The van der Waals surface area contributed by atoms with E-state index in [9.17, 15) is 9.00 Å². The number of ether oxygens (including phenoxy) is 2. The highest BCUT2D eigenvalue weighted by Crippen LogP contribution is 2.32. The fraction of sp³-hybridized carbons (Fsp3) is 0.316. The molecule has 0 radical (unpaired) electrons. The molecule has 0 aromatic heterocycles. The maximum absolute atomic E-state index is 12.5. The molecule has 0 bridgehead atoms. The van der Waals surface area contributed by atoms with Crippen molar-refractivity contribution in [1.82, 2.24) is 0 Å². The van der Waals surface area contributed by atoms with Crippen molar-refractivity contribution in [2.45, 2.75) is 24.9 Å². The van der Waals surface area contributed by atoms with Gasteiger partial charge in [0.05, 0.1) is 0 Å². The Morgan fingerprint density at radius 2 is 1.92 bits per heavy atom. The molecule has 0 unspecified atom stereocenters. The van der Waals surface area contributed by atoms with Gasteiger partial charge in [0.1, 0.15) is 18.5 Å². The van der Waals surface area contributed by atoms with E-state index >= 15 is 0 Å². The number of carbonyl (C=O) groups is 1. The number of benzene rings is 2. The van der Waals surface area contributed by atoms with Gasteiger partial charge in [-0.1, -0.05) is 29.8 Å². The zero-order valence-electron chi connectivity index (χ0n) is 14.3. The van der Waals surface area contributed by atoms with Gasteiger partial charge in [-0.05, 0) is 31.5 Å². The van der Waals surface area contributed by atoms with Crippen LogP contribution >= 0.6 is 0 Å². The van der Waals surface area contributed by atoms with E-state index in [1.165, 1.54) is 0 Å². The maximum Gasteiger partial charge on any atom is 0.239 e. The Morgan fingerprint density at radius 1 is 1.16 bits per heavy atom. The van der Waals surface area contributed by atoms with Crippen LogP contribution in [0.2, 0.25) is 0 Å². The van der Waals surface area contributed by atoms with Gasteiger partial charge in [-0.2, -0.15) is 0 Å². The summed E-state index contributed by atoms with van der Waals surface area (Å²) in [7, 11) is -1.30. The van der Waals surface area contributed by atoms with Crippen LogP contribution in [-0.2, 0) is 21.3 Å². The molecule has 1 aliphatic rings. The summed E-state index contributed by atoms with van der Waals surface area (Å²) < 4.78 is 23.5. The van der Waals surface area contributed by atoms with E-state index in [0.29, 0.717) is 36.2 Å². The van der Waals surface area contributed by atoms with Gasteiger partial charge in [0.15, 0.2) is 11.5 Å². The first-order valence-electron chi connectivity index (χ1n) is 8.16. The van der Waals surface area contributed by atoms with Crippen molar-refractivity contribution in [1.29, 1.82) is 0 Å². The van der Waals surface area contributed by atoms with Gasteiger partial charge in [0.25, 0.3) is 0 Å². The summed E-state index contributed by atoms with van der Waals surface area (Å²) in [5.41, 5.74) is 2.69. The van der Waals surface area contributed by atoms with E-state index in [1.807, 2.05) is 31.2 Å². The molecule has 0 spiro atoms. The molecule has 6 heteroatoms. The number of fused-ring (bicyclic) bond motifs is 1. The van der Waals surface area contributed by atoms with Crippen LogP contribution in [0.25, 0.3) is 0 Å². The Bertz CT molecular complexity index is 806. The maximum atomic E-state index is 12.5. The Labute approximate surface area is 149 Å². The Hall–Kier alpha value is -2.34. The molecule has 2 atom stereocenters. The minimum absolute atomic E-state index is 0.275. The van der Waals surface area contributed by atoms with Crippen LogP contribution in [0.4, 0.5) is 5.69 Å². The summed E-state index contributed by atoms with van der Waals surface area (Å²) in [6.07, 6.45) is 0. The van der Waals surface area contributed by atoms with Crippen molar-refractivity contribution in [3.8, 4) is 11.5 Å². The molecule has 1 N–H and O–H groups in total. The van der Waals surface area contributed by atoms with Crippen LogP contribution in [0.15, 0.2) is 42.5 Å². The first-order valence-corrected chi connectivity index (χ1v) is 9.54. The number of carbonyl (C=O) groups excluding carboxylic acids is 1. The molecule has 132 valence electrons. The highest BCUT2D eigenvalue weighted by Gasteiger charge is 2.21. The molecule has 25 heavy (non-hydrogen) atoms. The van der Waals surface area contributed by atoms with Gasteiger partial charge >= 0.3 is 0 Å². The zero-order valence-corrected chi connectivity index (χ0v) is 15.1. The molecule has 3 rings (SSSR count). The summed E-state index contributed by atoms with van der Waals surface area (Å²) in [6.45, 7) is 4.68. The van der Waals surface area contributed by atoms with Crippen molar-refractivity contribution in [3.63, 3.8) is 0 Å². The molecule has 0 aliphatic carbocycles. The summed E-state index contributed by atoms with van der Waals surface area (Å²) >= 11 is 0. The van der Waals surface area contributed by atoms with Crippen LogP contribution in [0.5, 0.6) is 11.5 Å². The van der Waals surface area contributed by atoms with Crippen molar-refractivity contribution in [3.05, 3.63) is 53.6 Å². The quantitative estimate of drug-likeness (QED) is 0.891. The second-order valence-electron chi connectivity index (χ2n) is 6.00. The first-order chi connectivity index (χ1) is 12.0. The Morgan fingerprint density at radius 3 is 2.68 bits per heavy atom. The number of anilines is 1. The number of nitrogens with one attached hydrogen (secondary N) is 1. The van der Waals surface area contributed by atoms with E-state index in [4.69, 9.17) is 9.47 Å². The average Bonchev–Trinajstić information content (AvgIpc) is 2.61. The van der Waals surface area contributed by atoms with Gasteiger partial charge in [-0.3, -0.25) is 9.00 Å². The summed E-state index contributed by atoms with van der Waals surface area (Å²) in [4.78, 5) is 12.4. The lowest BCUT2D eigenvalue weighted by molar-refractivity contribution is -0.115. The molecule has 1 amide bonds. The fourth-order valence-electron chi connectivity index (χ4n) is 2.58. The van der Waals surface area contributed by atoms with Crippen molar-refractivity contribution in [2.75, 3.05) is 18.5 Å². The number of rotatable bonds is 5. The topological polar surface area (TPSA) is 64.6 Å². The highest BCUT2D eigenvalue weighted by molar-refractivity contribution is 7.85. The summed E-state index contributed by atoms with van der Waals surface area (Å²) in [5, 5.41) is 2.19. The second-order valence-corrected chi connectivity index (χ2v) is 7.76.